The number of fused-ring (bicyclic) bond motifs is 1. The number of nitrogens with one attached hydrogen (secondary N) is 1. The molecule has 4 aliphatic rings. The van der Waals surface area contributed by atoms with Gasteiger partial charge in [0.05, 0.1) is 41.6 Å². The molecule has 364 valence electrons. The fourth-order valence-corrected chi connectivity index (χ4v) is 9.92. The molecule has 1 atom stereocenters. The van der Waals surface area contributed by atoms with Crippen LogP contribution in [0.5, 0.6) is 11.5 Å². The number of nitrogens with zero attached hydrogens (tertiary/aromatic N) is 8. The van der Waals surface area contributed by atoms with Crippen LogP contribution in [0, 0.1) is 5.82 Å². The number of carbonyl (C=O) groups excluding carboxylic acids is 3. The van der Waals surface area contributed by atoms with Gasteiger partial charge in [-0.15, -0.1) is 5.10 Å². The number of aromatic amines is 1. The Balaban J connectivity index is 0.687. The van der Waals surface area contributed by atoms with Crippen LogP contribution in [0.2, 0.25) is 0 Å². The molecule has 0 saturated carbocycles. The molecule has 17 heteroatoms. The van der Waals surface area contributed by atoms with Crippen molar-refractivity contribution in [3.63, 3.8) is 0 Å². The van der Waals surface area contributed by atoms with Crippen molar-refractivity contribution in [3.05, 3.63) is 118 Å². The first-order chi connectivity index (χ1) is 33.3. The molecule has 4 aliphatic heterocycles. The number of carbonyl (C=O) groups is 3. The monoisotopic (exact) mass is 943 g/mol. The number of halogens is 1. The summed E-state index contributed by atoms with van der Waals surface area (Å²) in [6, 6.07) is 21.7. The number of hydrogen-bond donors (Lipinski definition) is 1. The Hall–Kier alpha value is -6.46. The van der Waals surface area contributed by atoms with Gasteiger partial charge >= 0.3 is 6.09 Å². The maximum Gasteiger partial charge on any atom is 0.410 e. The number of aromatic nitrogens is 4. The number of piperazine rings is 1. The molecule has 3 amide bonds. The molecule has 6 heterocycles. The van der Waals surface area contributed by atoms with E-state index in [4.69, 9.17) is 14.2 Å². The highest BCUT2D eigenvalue weighted by molar-refractivity contribution is 5.95. The van der Waals surface area contributed by atoms with Gasteiger partial charge in [0.1, 0.15) is 17.2 Å². The molecule has 0 radical (unpaired) electrons. The van der Waals surface area contributed by atoms with E-state index in [9.17, 15) is 19.2 Å². The molecule has 1 N–H and O–H groups in total. The van der Waals surface area contributed by atoms with Crippen molar-refractivity contribution in [2.24, 2.45) is 0 Å². The third kappa shape index (κ3) is 11.9. The summed E-state index contributed by atoms with van der Waals surface area (Å²) in [6.07, 6.45) is 7.28. The molecule has 16 nitrogen and oxygen atoms in total. The second kappa shape index (κ2) is 21.0. The van der Waals surface area contributed by atoms with Gasteiger partial charge in [0.15, 0.2) is 11.6 Å². The van der Waals surface area contributed by atoms with Crippen molar-refractivity contribution >= 4 is 34.5 Å². The molecule has 1 unspecified atom stereocenters. The van der Waals surface area contributed by atoms with Crippen molar-refractivity contribution in [3.8, 4) is 11.5 Å². The molecule has 0 aliphatic carbocycles. The number of benzene rings is 3. The van der Waals surface area contributed by atoms with Crippen molar-refractivity contribution in [1.29, 1.82) is 0 Å². The summed E-state index contributed by atoms with van der Waals surface area (Å²) >= 11 is 0. The van der Waals surface area contributed by atoms with Crippen molar-refractivity contribution in [1.82, 2.24) is 40.0 Å². The smallest absolute Gasteiger partial charge is 0.410 e. The van der Waals surface area contributed by atoms with Gasteiger partial charge in [-0.3, -0.25) is 19.3 Å². The second-order valence-electron chi connectivity index (χ2n) is 19.7. The standard InChI is InChI=1S/C52H62FN9O7/c1-52(2,3)69-51(66)62-19-7-9-37(33-62)36-8-6-10-40(30-36)68-41-31-47(56-54-32-41)59-22-17-39(18-23-59)67-38-15-20-58(21-16-38)34-48(63)60-24-26-61(27-25-60)50(65)44-28-35(13-14-45(44)53)29-46-42-11-4-5-12-43(42)49(64)57-55-46/h4-6,8,10-14,28,30-32,37-39H,7,9,15-27,29,33-34H2,1-3H3,(H,57,64). The zero-order valence-corrected chi connectivity index (χ0v) is 39.8. The predicted molar refractivity (Wildman–Crippen MR) is 258 cm³/mol. The molecular formula is C52H62FN9O7. The highest BCUT2D eigenvalue weighted by atomic mass is 19.1. The lowest BCUT2D eigenvalue weighted by Crippen LogP contribution is -2.53. The second-order valence-corrected chi connectivity index (χ2v) is 19.7. The number of rotatable bonds is 11. The van der Waals surface area contributed by atoms with Gasteiger partial charge in [-0.05, 0) is 101 Å². The maximum atomic E-state index is 15.1. The molecule has 9 rings (SSSR count). The van der Waals surface area contributed by atoms with Crippen LogP contribution >= 0.6 is 0 Å². The predicted octanol–water partition coefficient (Wildman–Crippen LogP) is 6.78. The zero-order chi connectivity index (χ0) is 48.1. The van der Waals surface area contributed by atoms with Crippen LogP contribution in [0.15, 0.2) is 83.8 Å². The van der Waals surface area contributed by atoms with Crippen LogP contribution in [0.3, 0.4) is 0 Å². The number of hydrogen-bond acceptors (Lipinski definition) is 12. The van der Waals surface area contributed by atoms with Crippen LogP contribution in [-0.4, -0.2) is 148 Å². The number of amides is 3. The lowest BCUT2D eigenvalue weighted by molar-refractivity contribution is -0.135. The van der Waals surface area contributed by atoms with Crippen molar-refractivity contribution in [2.45, 2.75) is 89.4 Å². The van der Waals surface area contributed by atoms with E-state index < -0.39 is 17.3 Å². The Bertz CT molecular complexity index is 2690. The Labute approximate surface area is 401 Å². The van der Waals surface area contributed by atoms with Crippen LogP contribution in [0.4, 0.5) is 15.0 Å². The number of piperidine rings is 3. The fraction of sp³-hybridized carbons (Fsp3) is 0.481. The van der Waals surface area contributed by atoms with Crippen LogP contribution < -0.4 is 15.2 Å². The molecule has 69 heavy (non-hydrogen) atoms. The summed E-state index contributed by atoms with van der Waals surface area (Å²) in [4.78, 5) is 61.6. The van der Waals surface area contributed by atoms with Gasteiger partial charge in [0.2, 0.25) is 5.91 Å². The summed E-state index contributed by atoms with van der Waals surface area (Å²) in [6.45, 7) is 11.8. The van der Waals surface area contributed by atoms with E-state index in [0.29, 0.717) is 85.8 Å². The Morgan fingerprint density at radius 1 is 0.768 bits per heavy atom. The summed E-state index contributed by atoms with van der Waals surface area (Å²) in [5, 5.41) is 16.7. The Morgan fingerprint density at radius 3 is 2.25 bits per heavy atom. The maximum absolute atomic E-state index is 15.1. The molecular weight excluding hydrogens is 882 g/mol. The molecule has 0 bridgehead atoms. The average molecular weight is 944 g/mol. The Kier molecular flexibility index (Phi) is 14.5. The molecule has 2 aromatic heterocycles. The minimum absolute atomic E-state index is 0.0211. The number of H-pyrrole nitrogens is 1. The average Bonchev–Trinajstić information content (AvgIpc) is 3.36. The SMILES string of the molecule is CC(C)(C)OC(=O)N1CCCC(c2cccc(Oc3cnnc(N4CCC(OC5CCN(CC(=O)N6CCN(C(=O)c7cc(Cc8n[nH]c(=O)c9ccccc89)ccc7F)CC6)CC5)CC4)c3)c2)C1. The van der Waals surface area contributed by atoms with E-state index in [1.54, 1.807) is 45.2 Å². The molecule has 4 saturated heterocycles. The quantitative estimate of drug-likeness (QED) is 0.148. The lowest BCUT2D eigenvalue weighted by Gasteiger charge is -2.38. The van der Waals surface area contributed by atoms with Crippen LogP contribution in [-0.2, 0) is 20.7 Å². The zero-order valence-electron chi connectivity index (χ0n) is 39.8. The van der Waals surface area contributed by atoms with Crippen LogP contribution in [0.1, 0.15) is 92.4 Å². The third-order valence-corrected chi connectivity index (χ3v) is 13.6. The van der Waals surface area contributed by atoms with Crippen molar-refractivity contribution in [2.75, 3.05) is 76.9 Å². The summed E-state index contributed by atoms with van der Waals surface area (Å²) < 4.78 is 33.6. The minimum Gasteiger partial charge on any atom is -0.456 e. The van der Waals surface area contributed by atoms with Gasteiger partial charge in [-0.25, -0.2) is 14.3 Å². The van der Waals surface area contributed by atoms with E-state index in [-0.39, 0.29) is 41.2 Å². The van der Waals surface area contributed by atoms with E-state index in [1.165, 1.54) is 6.07 Å². The van der Waals surface area contributed by atoms with E-state index in [2.05, 4.69) is 42.3 Å². The summed E-state index contributed by atoms with van der Waals surface area (Å²) in [5.74, 6) is 1.29. The first-order valence-electron chi connectivity index (χ1n) is 24.3. The number of likely N-dealkylation sites (tertiary alicyclic amines) is 2. The van der Waals surface area contributed by atoms with E-state index in [1.807, 2.05) is 51.1 Å². The highest BCUT2D eigenvalue weighted by Crippen LogP contribution is 2.33. The molecule has 5 aromatic rings. The number of anilines is 1. The normalized spacial score (nSPS) is 18.9. The molecule has 4 fully saturated rings. The van der Waals surface area contributed by atoms with E-state index in [0.717, 1.165) is 76.1 Å². The first kappa shape index (κ1) is 47.6. The van der Waals surface area contributed by atoms with Gasteiger partial charge in [0.25, 0.3) is 11.5 Å². The highest BCUT2D eigenvalue weighted by Gasteiger charge is 2.32. The van der Waals surface area contributed by atoms with Crippen LogP contribution in [0.25, 0.3) is 10.8 Å². The summed E-state index contributed by atoms with van der Waals surface area (Å²) in [7, 11) is 0. The summed E-state index contributed by atoms with van der Waals surface area (Å²) in [5.41, 5.74) is 1.61. The van der Waals surface area contributed by atoms with Gasteiger partial charge < -0.3 is 33.8 Å². The fourth-order valence-electron chi connectivity index (χ4n) is 9.92. The van der Waals surface area contributed by atoms with E-state index >= 15 is 4.39 Å². The van der Waals surface area contributed by atoms with Gasteiger partial charge in [0, 0.05) is 89.2 Å². The largest absolute Gasteiger partial charge is 0.456 e. The number of ether oxygens (including phenoxy) is 3. The first-order valence-corrected chi connectivity index (χ1v) is 24.3. The van der Waals surface area contributed by atoms with Crippen molar-refractivity contribution < 1.29 is 33.0 Å². The van der Waals surface area contributed by atoms with Gasteiger partial charge in [-0.2, -0.15) is 10.2 Å². The minimum atomic E-state index is -0.604. The molecule has 0 spiro atoms. The third-order valence-electron chi connectivity index (χ3n) is 13.6. The Morgan fingerprint density at radius 2 is 1.49 bits per heavy atom. The van der Waals surface area contributed by atoms with Gasteiger partial charge in [-0.1, -0.05) is 36.4 Å². The molecule has 3 aromatic carbocycles. The lowest BCUT2D eigenvalue weighted by atomic mass is 9.90. The topological polar surface area (TPSA) is 167 Å².